The molecule has 2 amide bonds. The standard InChI is InChI=1S/C19H16N4O5/c20-19(27)23-16(10-15(22-23)18(25)26)12-5-4-6-13(9-12)21-17(24)11-28-14-7-2-1-3-8-14/h1-10H,11H2,(H2,20,27)(H,21,24)(H,25,26). The van der Waals surface area contributed by atoms with Crippen molar-refractivity contribution in [3.63, 3.8) is 0 Å². The van der Waals surface area contributed by atoms with Gasteiger partial charge in [-0.3, -0.25) is 4.79 Å². The van der Waals surface area contributed by atoms with E-state index in [0.717, 1.165) is 4.68 Å². The van der Waals surface area contributed by atoms with Gasteiger partial charge in [-0.15, -0.1) is 0 Å². The maximum Gasteiger partial charge on any atom is 0.356 e. The van der Waals surface area contributed by atoms with Crippen LogP contribution in [0.15, 0.2) is 60.7 Å². The van der Waals surface area contributed by atoms with Gasteiger partial charge in [-0.05, 0) is 30.3 Å². The summed E-state index contributed by atoms with van der Waals surface area (Å²) in [6.45, 7) is -0.184. The summed E-state index contributed by atoms with van der Waals surface area (Å²) in [4.78, 5) is 34.8. The van der Waals surface area contributed by atoms with Gasteiger partial charge in [-0.1, -0.05) is 30.3 Å². The number of para-hydroxylation sites is 1. The maximum absolute atomic E-state index is 12.1. The molecule has 4 N–H and O–H groups in total. The van der Waals surface area contributed by atoms with E-state index in [-0.39, 0.29) is 23.9 Å². The summed E-state index contributed by atoms with van der Waals surface area (Å²) in [7, 11) is 0. The molecule has 1 aromatic heterocycles. The van der Waals surface area contributed by atoms with Crippen molar-refractivity contribution in [3.8, 4) is 17.0 Å². The number of hydrogen-bond acceptors (Lipinski definition) is 5. The monoisotopic (exact) mass is 380 g/mol. The van der Waals surface area contributed by atoms with Crippen molar-refractivity contribution in [2.45, 2.75) is 0 Å². The van der Waals surface area contributed by atoms with Crippen molar-refractivity contribution in [3.05, 3.63) is 66.4 Å². The van der Waals surface area contributed by atoms with Crippen molar-refractivity contribution >= 4 is 23.6 Å². The van der Waals surface area contributed by atoms with Gasteiger partial charge in [0.05, 0.1) is 5.69 Å². The number of aromatic carboxylic acids is 1. The number of benzene rings is 2. The van der Waals surface area contributed by atoms with Crippen LogP contribution in [0, 0.1) is 0 Å². The summed E-state index contributed by atoms with van der Waals surface area (Å²) in [5, 5.41) is 15.4. The normalized spacial score (nSPS) is 10.3. The highest BCUT2D eigenvalue weighted by Gasteiger charge is 2.18. The van der Waals surface area contributed by atoms with E-state index in [9.17, 15) is 14.4 Å². The number of carboxylic acids is 1. The molecule has 142 valence electrons. The van der Waals surface area contributed by atoms with Crippen molar-refractivity contribution in [2.75, 3.05) is 11.9 Å². The van der Waals surface area contributed by atoms with Crippen LogP contribution in [0.5, 0.6) is 5.75 Å². The smallest absolute Gasteiger partial charge is 0.356 e. The lowest BCUT2D eigenvalue weighted by atomic mass is 10.1. The van der Waals surface area contributed by atoms with E-state index in [2.05, 4.69) is 10.4 Å². The lowest BCUT2D eigenvalue weighted by Gasteiger charge is -2.09. The molecule has 0 fully saturated rings. The molecule has 3 aromatic rings. The molecule has 0 aliphatic carbocycles. The highest BCUT2D eigenvalue weighted by molar-refractivity contribution is 5.93. The van der Waals surface area contributed by atoms with Gasteiger partial charge < -0.3 is 20.9 Å². The van der Waals surface area contributed by atoms with Gasteiger partial charge in [0.2, 0.25) is 0 Å². The Kier molecular flexibility index (Phi) is 5.35. The molecular weight excluding hydrogens is 364 g/mol. The molecule has 0 aliphatic heterocycles. The summed E-state index contributed by atoms with van der Waals surface area (Å²) in [5.74, 6) is -1.10. The first-order chi connectivity index (χ1) is 13.4. The molecule has 2 aromatic carbocycles. The minimum atomic E-state index is -1.29. The Hall–Kier alpha value is -4.14. The van der Waals surface area contributed by atoms with E-state index in [1.54, 1.807) is 48.5 Å². The summed E-state index contributed by atoms with van der Waals surface area (Å²) in [5.41, 5.74) is 6.03. The van der Waals surface area contributed by atoms with Crippen LogP contribution in [0.4, 0.5) is 10.5 Å². The number of carboxylic acid groups (broad SMARTS) is 1. The zero-order valence-electron chi connectivity index (χ0n) is 14.5. The lowest BCUT2D eigenvalue weighted by molar-refractivity contribution is -0.118. The van der Waals surface area contributed by atoms with Crippen molar-refractivity contribution in [1.82, 2.24) is 9.78 Å². The third kappa shape index (κ3) is 4.33. The lowest BCUT2D eigenvalue weighted by Crippen LogP contribution is -2.22. The molecule has 0 aliphatic rings. The maximum atomic E-state index is 12.1. The van der Waals surface area contributed by atoms with E-state index in [1.807, 2.05) is 6.07 Å². The number of rotatable bonds is 6. The molecule has 9 heteroatoms. The predicted octanol–water partition coefficient (Wildman–Crippen LogP) is 2.19. The molecule has 0 unspecified atom stereocenters. The number of aromatic nitrogens is 2. The van der Waals surface area contributed by atoms with Gasteiger partial charge in [0.15, 0.2) is 12.3 Å². The molecule has 0 saturated carbocycles. The quantitative estimate of drug-likeness (QED) is 0.599. The van der Waals surface area contributed by atoms with Gasteiger partial charge in [0, 0.05) is 11.3 Å². The van der Waals surface area contributed by atoms with Gasteiger partial charge >= 0.3 is 12.0 Å². The second-order valence-electron chi connectivity index (χ2n) is 5.70. The SMILES string of the molecule is NC(=O)n1nc(C(=O)O)cc1-c1cccc(NC(=O)COc2ccccc2)c1. The number of ether oxygens (including phenoxy) is 1. The van der Waals surface area contributed by atoms with Gasteiger partial charge in [-0.2, -0.15) is 9.78 Å². The van der Waals surface area contributed by atoms with Crippen LogP contribution in [-0.2, 0) is 4.79 Å². The molecule has 28 heavy (non-hydrogen) atoms. The Morgan fingerprint density at radius 3 is 2.50 bits per heavy atom. The number of anilines is 1. The van der Waals surface area contributed by atoms with E-state index < -0.39 is 12.0 Å². The van der Waals surface area contributed by atoms with Crippen LogP contribution in [0.25, 0.3) is 11.3 Å². The van der Waals surface area contributed by atoms with Crippen LogP contribution in [0.1, 0.15) is 10.5 Å². The molecular formula is C19H16N4O5. The van der Waals surface area contributed by atoms with Gasteiger partial charge in [0.1, 0.15) is 5.75 Å². The molecule has 0 atom stereocenters. The molecule has 0 radical (unpaired) electrons. The third-order valence-electron chi connectivity index (χ3n) is 3.69. The van der Waals surface area contributed by atoms with Crippen LogP contribution < -0.4 is 15.8 Å². The van der Waals surface area contributed by atoms with Gasteiger partial charge in [-0.25, -0.2) is 9.59 Å². The molecule has 3 rings (SSSR count). The van der Waals surface area contributed by atoms with Gasteiger partial charge in [0.25, 0.3) is 5.91 Å². The van der Waals surface area contributed by atoms with Crippen molar-refractivity contribution in [1.29, 1.82) is 0 Å². The largest absolute Gasteiger partial charge is 0.484 e. The predicted molar refractivity (Wildman–Crippen MR) is 100 cm³/mol. The molecule has 9 nitrogen and oxygen atoms in total. The zero-order chi connectivity index (χ0) is 20.1. The molecule has 0 saturated heterocycles. The second-order valence-corrected chi connectivity index (χ2v) is 5.70. The summed E-state index contributed by atoms with van der Waals surface area (Å²) in [6.07, 6.45) is 0. The van der Waals surface area contributed by atoms with Crippen molar-refractivity contribution < 1.29 is 24.2 Å². The number of carbonyl (C=O) groups is 3. The Morgan fingerprint density at radius 1 is 1.07 bits per heavy atom. The number of nitrogens with zero attached hydrogens (tertiary/aromatic N) is 2. The van der Waals surface area contributed by atoms with E-state index in [4.69, 9.17) is 15.6 Å². The van der Waals surface area contributed by atoms with Crippen LogP contribution in [-0.4, -0.2) is 39.4 Å². The Bertz CT molecular complexity index is 1030. The van der Waals surface area contributed by atoms with Crippen LogP contribution in [0.2, 0.25) is 0 Å². The van der Waals surface area contributed by atoms with Crippen molar-refractivity contribution in [2.24, 2.45) is 5.73 Å². The first-order valence-corrected chi connectivity index (χ1v) is 8.15. The average molecular weight is 380 g/mol. The number of nitrogens with one attached hydrogen (secondary N) is 1. The molecule has 0 spiro atoms. The summed E-state index contributed by atoms with van der Waals surface area (Å²) in [6, 6.07) is 15.7. The minimum Gasteiger partial charge on any atom is -0.484 e. The molecule has 0 bridgehead atoms. The summed E-state index contributed by atoms with van der Waals surface area (Å²) < 4.78 is 6.18. The fourth-order valence-electron chi connectivity index (χ4n) is 2.48. The number of amides is 2. The first kappa shape index (κ1) is 18.6. The third-order valence-corrected chi connectivity index (χ3v) is 3.69. The number of hydrogen-bond donors (Lipinski definition) is 3. The van der Waals surface area contributed by atoms with Crippen LogP contribution in [0.3, 0.4) is 0 Å². The highest BCUT2D eigenvalue weighted by Crippen LogP contribution is 2.24. The molecule has 1 heterocycles. The topological polar surface area (TPSA) is 137 Å². The Labute approximate surface area is 159 Å². The van der Waals surface area contributed by atoms with E-state index in [0.29, 0.717) is 17.0 Å². The van der Waals surface area contributed by atoms with E-state index >= 15 is 0 Å². The zero-order valence-corrected chi connectivity index (χ0v) is 14.5. The second kappa shape index (κ2) is 8.04. The number of carbonyl (C=O) groups excluding carboxylic acids is 2. The fourth-order valence-corrected chi connectivity index (χ4v) is 2.48. The van der Waals surface area contributed by atoms with E-state index in [1.165, 1.54) is 6.07 Å². The highest BCUT2D eigenvalue weighted by atomic mass is 16.5. The average Bonchev–Trinajstić information content (AvgIpc) is 3.14. The minimum absolute atomic E-state index is 0.184. The fraction of sp³-hybridized carbons (Fsp3) is 0.0526. The number of primary amides is 1. The first-order valence-electron chi connectivity index (χ1n) is 8.15. The number of nitrogens with two attached hydrogens (primary N) is 1. The summed E-state index contributed by atoms with van der Waals surface area (Å²) >= 11 is 0. The Morgan fingerprint density at radius 2 is 1.82 bits per heavy atom. The van der Waals surface area contributed by atoms with Crippen LogP contribution >= 0.6 is 0 Å². The Balaban J connectivity index is 1.76.